The van der Waals surface area contributed by atoms with Crippen LogP contribution in [0.25, 0.3) is 5.57 Å². The zero-order chi connectivity index (χ0) is 45.0. The van der Waals surface area contributed by atoms with E-state index in [4.69, 9.17) is 15.0 Å². The third-order valence-electron chi connectivity index (χ3n) is 16.6. The first kappa shape index (κ1) is 42.3. The highest BCUT2D eigenvalue weighted by molar-refractivity contribution is 8.00. The fraction of sp³-hybridized carbons (Fsp3) is 0.349. The van der Waals surface area contributed by atoms with Gasteiger partial charge in [0.25, 0.3) is 0 Å². The van der Waals surface area contributed by atoms with Gasteiger partial charge < -0.3 is 4.90 Å². The molecule has 340 valence electrons. The van der Waals surface area contributed by atoms with E-state index in [-0.39, 0.29) is 17.8 Å². The molecule has 4 nitrogen and oxygen atoms in total. The summed E-state index contributed by atoms with van der Waals surface area (Å²) in [6.07, 6.45) is 58.9. The fourth-order valence-electron chi connectivity index (χ4n) is 13.2. The number of rotatable bonds is 8. The Morgan fingerprint density at radius 1 is 0.588 bits per heavy atom. The molecule has 8 aliphatic carbocycles. The maximum absolute atomic E-state index is 5.63. The van der Waals surface area contributed by atoms with Crippen LogP contribution in [0.2, 0.25) is 0 Å². The molecule has 1 fully saturated rings. The molecule has 2 aromatic carbocycles. The predicted octanol–water partition coefficient (Wildman–Crippen LogP) is 15.6. The van der Waals surface area contributed by atoms with Crippen molar-refractivity contribution >= 4 is 17.3 Å². The Morgan fingerprint density at radius 2 is 1.44 bits per heavy atom. The second kappa shape index (κ2) is 18.3. The number of allylic oxidation sites excluding steroid dienone is 24. The minimum atomic E-state index is -0.00597. The molecular formula is C63H62N4S. The van der Waals surface area contributed by atoms with Gasteiger partial charge in [-0.1, -0.05) is 152 Å². The van der Waals surface area contributed by atoms with E-state index in [2.05, 4.69) is 175 Å². The van der Waals surface area contributed by atoms with Crippen LogP contribution in [0, 0.1) is 5.92 Å². The van der Waals surface area contributed by atoms with Crippen molar-refractivity contribution in [3.05, 3.63) is 231 Å². The Balaban J connectivity index is 0.941. The Labute approximate surface area is 408 Å². The largest absolute Gasteiger partial charge is 0.340 e. The molecule has 0 spiro atoms. The van der Waals surface area contributed by atoms with Crippen molar-refractivity contribution in [1.82, 2.24) is 19.9 Å². The molecule has 68 heavy (non-hydrogen) atoms. The number of thioether (sulfide) groups is 1. The molecule has 5 heteroatoms. The maximum atomic E-state index is 5.63. The summed E-state index contributed by atoms with van der Waals surface area (Å²) in [4.78, 5) is 20.9. The van der Waals surface area contributed by atoms with Crippen molar-refractivity contribution in [1.29, 1.82) is 0 Å². The van der Waals surface area contributed by atoms with E-state index in [0.717, 1.165) is 101 Å². The van der Waals surface area contributed by atoms with Crippen LogP contribution in [-0.4, -0.2) is 31.1 Å². The van der Waals surface area contributed by atoms with E-state index in [1.807, 2.05) is 0 Å². The summed E-state index contributed by atoms with van der Waals surface area (Å²) in [6.45, 7) is 0. The van der Waals surface area contributed by atoms with Gasteiger partial charge >= 0.3 is 0 Å². The molecule has 8 unspecified atom stereocenters. The number of nitrogens with zero attached hydrogens (tertiary/aromatic N) is 4. The van der Waals surface area contributed by atoms with Gasteiger partial charge in [-0.25, -0.2) is 15.0 Å². The second-order valence-electron chi connectivity index (χ2n) is 20.6. The molecule has 0 radical (unpaired) electrons. The number of fused-ring (bicyclic) bond motifs is 7. The molecule has 3 heterocycles. The minimum absolute atomic E-state index is 0.00597. The molecule has 0 amide bonds. The maximum Gasteiger partial charge on any atom is 0.159 e. The average molecular weight is 907 g/mol. The van der Waals surface area contributed by atoms with Crippen molar-refractivity contribution < 1.29 is 0 Å². The van der Waals surface area contributed by atoms with Crippen LogP contribution in [0.1, 0.15) is 154 Å². The molecule has 13 rings (SSSR count). The average Bonchev–Trinajstić information content (AvgIpc) is 3.98. The fourth-order valence-corrected chi connectivity index (χ4v) is 15.0. The number of hydrogen-bond donors (Lipinski definition) is 0. The van der Waals surface area contributed by atoms with E-state index < -0.39 is 0 Å². The normalized spacial score (nSPS) is 30.1. The van der Waals surface area contributed by atoms with Gasteiger partial charge in [0, 0.05) is 51.1 Å². The molecule has 0 bridgehead atoms. The van der Waals surface area contributed by atoms with Gasteiger partial charge in [0.05, 0.1) is 6.04 Å². The van der Waals surface area contributed by atoms with Crippen LogP contribution in [-0.2, 0) is 0 Å². The molecule has 0 saturated carbocycles. The lowest BCUT2D eigenvalue weighted by atomic mass is 9.72. The minimum Gasteiger partial charge on any atom is -0.340 e. The van der Waals surface area contributed by atoms with Crippen LogP contribution >= 0.6 is 11.8 Å². The Hall–Kier alpha value is -5.78. The first-order valence-corrected chi connectivity index (χ1v) is 27.0. The molecule has 8 atom stereocenters. The molecule has 1 aromatic heterocycles. The lowest BCUT2D eigenvalue weighted by Gasteiger charge is -2.39. The Morgan fingerprint density at radius 3 is 2.28 bits per heavy atom. The number of aromatic nitrogens is 3. The van der Waals surface area contributed by atoms with Crippen LogP contribution in [0.5, 0.6) is 0 Å². The summed E-state index contributed by atoms with van der Waals surface area (Å²) in [7, 11) is 0. The summed E-state index contributed by atoms with van der Waals surface area (Å²) in [5, 5.41) is 0.433. The Bertz CT molecular complexity index is 2940. The molecule has 0 N–H and O–H groups in total. The zero-order valence-electron chi connectivity index (χ0n) is 39.2. The van der Waals surface area contributed by atoms with Crippen molar-refractivity contribution in [3.63, 3.8) is 0 Å². The summed E-state index contributed by atoms with van der Waals surface area (Å²) in [5.74, 6) is 4.32. The van der Waals surface area contributed by atoms with Gasteiger partial charge in [-0.15, -0.1) is 11.8 Å². The highest BCUT2D eigenvalue weighted by atomic mass is 32.2. The molecule has 2 aliphatic heterocycles. The Kier molecular flexibility index (Phi) is 11.4. The first-order chi connectivity index (χ1) is 33.7. The third kappa shape index (κ3) is 7.74. The summed E-state index contributed by atoms with van der Waals surface area (Å²) in [6, 6.07) is 18.9. The van der Waals surface area contributed by atoms with E-state index in [1.165, 1.54) is 67.3 Å². The van der Waals surface area contributed by atoms with Crippen LogP contribution in [0.15, 0.2) is 202 Å². The van der Waals surface area contributed by atoms with Crippen LogP contribution in [0.3, 0.4) is 0 Å². The smallest absolute Gasteiger partial charge is 0.159 e. The summed E-state index contributed by atoms with van der Waals surface area (Å²) in [5.41, 5.74) is 15.8. The highest BCUT2D eigenvalue weighted by Crippen LogP contribution is 2.61. The van der Waals surface area contributed by atoms with E-state index >= 15 is 0 Å². The van der Waals surface area contributed by atoms with Crippen LogP contribution < -0.4 is 0 Å². The van der Waals surface area contributed by atoms with Gasteiger partial charge in [-0.05, 0) is 152 Å². The first-order valence-electron chi connectivity index (χ1n) is 26.1. The van der Waals surface area contributed by atoms with Crippen molar-refractivity contribution in [2.45, 2.75) is 136 Å². The third-order valence-corrected chi connectivity index (χ3v) is 18.1. The molecule has 10 aliphatic rings. The van der Waals surface area contributed by atoms with Gasteiger partial charge in [-0.3, -0.25) is 0 Å². The van der Waals surface area contributed by atoms with E-state index in [0.29, 0.717) is 29.0 Å². The number of hydrogen-bond acceptors (Lipinski definition) is 5. The van der Waals surface area contributed by atoms with Crippen LogP contribution in [0.4, 0.5) is 0 Å². The lowest BCUT2D eigenvalue weighted by molar-refractivity contribution is 0.297. The van der Waals surface area contributed by atoms with Gasteiger partial charge in [0.2, 0.25) is 0 Å². The zero-order valence-corrected chi connectivity index (χ0v) is 40.0. The van der Waals surface area contributed by atoms with Crippen molar-refractivity contribution in [3.8, 4) is 0 Å². The van der Waals surface area contributed by atoms with Gasteiger partial charge in [0.1, 0.15) is 11.6 Å². The second-order valence-corrected chi connectivity index (χ2v) is 21.8. The lowest BCUT2D eigenvalue weighted by Crippen LogP contribution is -2.42. The van der Waals surface area contributed by atoms with E-state index in [9.17, 15) is 0 Å². The monoisotopic (exact) mass is 906 g/mol. The summed E-state index contributed by atoms with van der Waals surface area (Å²) >= 11 is 2.20. The standard InChI is InChI=1S/C63H62N4S/c1-6-19-41(20-7-1)46-37-47(42-21-8-2-9-22-42)39-48(38-46)45-33-34-50(56(40-45)63-65-61(43-23-10-3-11-24-43)64-62(66-63)44-25-12-4-13-26-44)53-30-18-31-54-55-36-35-52-51-29-16-17-32-57(51)67(49-27-14-5-15-28-49)58(52)60(55)68-59(53)54/h1,3,5-8,10,12,14,18-23,25,27,29-32,35-36,38-40,44,46,50,52,55-56,58,60H,2,4,9,11,13,15-17,24,26,28,33-34,37H2. The van der Waals surface area contributed by atoms with Gasteiger partial charge in [0.15, 0.2) is 5.82 Å². The van der Waals surface area contributed by atoms with E-state index in [1.54, 1.807) is 5.57 Å². The number of likely N-dealkylation sites (tertiary alicyclic amines) is 1. The van der Waals surface area contributed by atoms with Crippen molar-refractivity contribution in [2.24, 2.45) is 5.92 Å². The summed E-state index contributed by atoms with van der Waals surface area (Å²) < 4.78 is 0. The number of benzene rings is 2. The molecule has 1 saturated heterocycles. The topological polar surface area (TPSA) is 41.9 Å². The van der Waals surface area contributed by atoms with Gasteiger partial charge in [-0.2, -0.15) is 0 Å². The molecule has 3 aromatic rings. The quantitative estimate of drug-likeness (QED) is 0.211. The molecular weight excluding hydrogens is 845 g/mol. The highest BCUT2D eigenvalue weighted by Gasteiger charge is 2.53. The SMILES string of the molecule is C1=CCCC(c2nc(C3C=CCCC3)nc(C3C=C(C4=CC(c5ccccc5)CC(C5=CCCC=C5)=C4)CCC3c3cccc4c3SC3C4C=CC4C5=CCCC=C5N(C5=CC=CCC5)C43)n2)=C1. The van der Waals surface area contributed by atoms with Crippen molar-refractivity contribution in [2.75, 3.05) is 0 Å². The predicted molar refractivity (Wildman–Crippen MR) is 280 cm³/mol.